The number of amides is 2. The minimum atomic E-state index is -0.241. The third-order valence-corrected chi connectivity index (χ3v) is 5.16. The van der Waals surface area contributed by atoms with Crippen molar-refractivity contribution in [2.24, 2.45) is 0 Å². The largest absolute Gasteiger partial charge is 0.493 e. The maximum Gasteiger partial charge on any atom is 0.259 e. The second-order valence-electron chi connectivity index (χ2n) is 7.47. The van der Waals surface area contributed by atoms with Crippen molar-refractivity contribution in [1.82, 2.24) is 0 Å². The van der Waals surface area contributed by atoms with Gasteiger partial charge in [0.05, 0.1) is 12.2 Å². The van der Waals surface area contributed by atoms with Crippen LogP contribution in [0.3, 0.4) is 0 Å². The number of nitrogens with zero attached hydrogens (tertiary/aromatic N) is 1. The molecule has 166 valence electrons. The molecule has 0 saturated heterocycles. The first kappa shape index (κ1) is 23.1. The molecule has 1 N–H and O–H groups in total. The van der Waals surface area contributed by atoms with E-state index in [4.69, 9.17) is 4.74 Å². The third-order valence-electron chi connectivity index (χ3n) is 5.16. The first-order chi connectivity index (χ1) is 15.6. The van der Waals surface area contributed by atoms with Crippen molar-refractivity contribution in [1.29, 1.82) is 0 Å². The fourth-order valence-electron chi connectivity index (χ4n) is 3.42. The van der Waals surface area contributed by atoms with Crippen molar-refractivity contribution in [3.63, 3.8) is 0 Å². The molecule has 0 aliphatic heterocycles. The molecule has 3 aromatic carbocycles. The Bertz CT molecular complexity index is 1020. The normalized spacial score (nSPS) is 10.4. The summed E-state index contributed by atoms with van der Waals surface area (Å²) in [7, 11) is 0. The van der Waals surface area contributed by atoms with E-state index in [0.717, 1.165) is 24.9 Å². The van der Waals surface area contributed by atoms with Gasteiger partial charge in [0.2, 0.25) is 0 Å². The monoisotopic (exact) mass is 430 g/mol. The number of carbonyl (C=O) groups excluding carboxylic acids is 2. The van der Waals surface area contributed by atoms with Crippen LogP contribution >= 0.6 is 0 Å². The van der Waals surface area contributed by atoms with Gasteiger partial charge >= 0.3 is 0 Å². The van der Waals surface area contributed by atoms with Crippen molar-refractivity contribution < 1.29 is 14.3 Å². The summed E-state index contributed by atoms with van der Waals surface area (Å²) in [6, 6.07) is 23.8. The summed E-state index contributed by atoms with van der Waals surface area (Å²) in [6.45, 7) is 5.24. The van der Waals surface area contributed by atoms with Crippen LogP contribution in [0.25, 0.3) is 0 Å². The van der Waals surface area contributed by atoms with E-state index in [1.807, 2.05) is 55.5 Å². The lowest BCUT2D eigenvalue weighted by molar-refractivity contribution is 0.0987. The summed E-state index contributed by atoms with van der Waals surface area (Å²) in [4.78, 5) is 27.5. The van der Waals surface area contributed by atoms with Gasteiger partial charge in [0, 0.05) is 23.5 Å². The second-order valence-corrected chi connectivity index (χ2v) is 7.47. The smallest absolute Gasteiger partial charge is 0.259 e. The van der Waals surface area contributed by atoms with Crippen molar-refractivity contribution in [2.75, 3.05) is 23.4 Å². The van der Waals surface area contributed by atoms with E-state index in [1.165, 1.54) is 0 Å². The molecule has 5 nitrogen and oxygen atoms in total. The molecule has 0 unspecified atom stereocenters. The topological polar surface area (TPSA) is 58.6 Å². The molecule has 0 aliphatic carbocycles. The molecule has 0 radical (unpaired) electrons. The van der Waals surface area contributed by atoms with Gasteiger partial charge in [-0.15, -0.1) is 0 Å². The molecule has 0 atom stereocenters. The van der Waals surface area contributed by atoms with Crippen molar-refractivity contribution >= 4 is 23.2 Å². The summed E-state index contributed by atoms with van der Waals surface area (Å²) >= 11 is 0. The summed E-state index contributed by atoms with van der Waals surface area (Å²) in [5.41, 5.74) is 2.53. The van der Waals surface area contributed by atoms with Gasteiger partial charge in [-0.3, -0.25) is 9.59 Å². The first-order valence-corrected chi connectivity index (χ1v) is 11.1. The highest BCUT2D eigenvalue weighted by Gasteiger charge is 2.17. The SMILES string of the molecule is CCCCCOc1ccccc1C(=O)Nc1ccc(C(=O)N(CC)c2ccccc2)cc1. The Hall–Kier alpha value is -3.60. The molecule has 0 aliphatic rings. The van der Waals surface area contributed by atoms with Gasteiger partial charge in [-0.05, 0) is 61.9 Å². The van der Waals surface area contributed by atoms with Crippen LogP contribution in [0, 0.1) is 0 Å². The molecular weight excluding hydrogens is 400 g/mol. The van der Waals surface area contributed by atoms with Gasteiger partial charge in [0.25, 0.3) is 11.8 Å². The number of hydrogen-bond donors (Lipinski definition) is 1. The zero-order valence-corrected chi connectivity index (χ0v) is 18.7. The predicted octanol–water partition coefficient (Wildman–Crippen LogP) is 6.17. The van der Waals surface area contributed by atoms with Gasteiger partial charge in [-0.1, -0.05) is 50.1 Å². The molecule has 0 bridgehead atoms. The lowest BCUT2D eigenvalue weighted by Crippen LogP contribution is -2.30. The number of carbonyl (C=O) groups is 2. The van der Waals surface area contributed by atoms with Crippen LogP contribution in [0.1, 0.15) is 53.8 Å². The van der Waals surface area contributed by atoms with Crippen molar-refractivity contribution in [3.05, 3.63) is 90.0 Å². The number of benzene rings is 3. The summed E-state index contributed by atoms with van der Waals surface area (Å²) < 4.78 is 5.82. The average Bonchev–Trinajstić information content (AvgIpc) is 2.83. The fraction of sp³-hybridized carbons (Fsp3) is 0.259. The number of rotatable bonds is 10. The summed E-state index contributed by atoms with van der Waals surface area (Å²) in [5.74, 6) is 0.256. The van der Waals surface area contributed by atoms with Crippen LogP contribution in [0.5, 0.6) is 5.75 Å². The van der Waals surface area contributed by atoms with Gasteiger partial charge in [0.1, 0.15) is 5.75 Å². The number of ether oxygens (including phenoxy) is 1. The molecule has 0 heterocycles. The van der Waals surface area contributed by atoms with Gasteiger partial charge in [0.15, 0.2) is 0 Å². The Labute approximate surface area is 190 Å². The van der Waals surface area contributed by atoms with Crippen molar-refractivity contribution in [2.45, 2.75) is 33.1 Å². The third kappa shape index (κ3) is 5.97. The minimum absolute atomic E-state index is 0.0811. The molecular formula is C27H30N2O3. The van der Waals surface area contributed by atoms with E-state index in [9.17, 15) is 9.59 Å². The van der Waals surface area contributed by atoms with E-state index in [2.05, 4.69) is 12.2 Å². The average molecular weight is 431 g/mol. The number of nitrogens with one attached hydrogen (secondary N) is 1. The highest BCUT2D eigenvalue weighted by Crippen LogP contribution is 2.22. The Morgan fingerprint density at radius 3 is 2.22 bits per heavy atom. The van der Waals surface area contributed by atoms with Crippen LogP contribution in [0.2, 0.25) is 0 Å². The first-order valence-electron chi connectivity index (χ1n) is 11.1. The van der Waals surface area contributed by atoms with Crippen LogP contribution < -0.4 is 15.0 Å². The van der Waals surface area contributed by atoms with Crippen LogP contribution in [-0.2, 0) is 0 Å². The van der Waals surface area contributed by atoms with E-state index >= 15 is 0 Å². The zero-order chi connectivity index (χ0) is 22.8. The zero-order valence-electron chi connectivity index (χ0n) is 18.7. The summed E-state index contributed by atoms with van der Waals surface area (Å²) in [6.07, 6.45) is 3.17. The van der Waals surface area contributed by atoms with E-state index < -0.39 is 0 Å². The van der Waals surface area contributed by atoms with Gasteiger partial charge in [-0.2, -0.15) is 0 Å². The van der Waals surface area contributed by atoms with Crippen molar-refractivity contribution in [3.8, 4) is 5.75 Å². The van der Waals surface area contributed by atoms with Crippen LogP contribution in [0.15, 0.2) is 78.9 Å². The Balaban J connectivity index is 1.67. The molecule has 5 heteroatoms. The molecule has 0 aromatic heterocycles. The predicted molar refractivity (Wildman–Crippen MR) is 130 cm³/mol. The van der Waals surface area contributed by atoms with Crippen LogP contribution in [-0.4, -0.2) is 25.0 Å². The Morgan fingerprint density at radius 1 is 0.844 bits per heavy atom. The molecule has 3 aromatic rings. The van der Waals surface area contributed by atoms with Crippen LogP contribution in [0.4, 0.5) is 11.4 Å². The lowest BCUT2D eigenvalue weighted by Gasteiger charge is -2.21. The maximum absolute atomic E-state index is 12.9. The molecule has 0 saturated carbocycles. The molecule has 2 amide bonds. The number of anilines is 2. The highest BCUT2D eigenvalue weighted by atomic mass is 16.5. The summed E-state index contributed by atoms with van der Waals surface area (Å²) in [5, 5.41) is 2.90. The standard InChI is InChI=1S/C27H30N2O3/c1-3-5-11-20-32-25-15-10-9-14-24(25)26(30)28-22-18-16-21(17-19-22)27(31)29(4-2)23-12-7-6-8-13-23/h6-10,12-19H,3-5,11,20H2,1-2H3,(H,28,30). The van der Waals surface area contributed by atoms with Gasteiger partial charge in [-0.25, -0.2) is 0 Å². The van der Waals surface area contributed by atoms with E-state index in [1.54, 1.807) is 35.2 Å². The molecule has 0 fully saturated rings. The van der Waals surface area contributed by atoms with E-state index in [-0.39, 0.29) is 11.8 Å². The minimum Gasteiger partial charge on any atom is -0.493 e. The molecule has 32 heavy (non-hydrogen) atoms. The quantitative estimate of drug-likeness (QED) is 0.391. The Morgan fingerprint density at radius 2 is 1.53 bits per heavy atom. The number of unbranched alkanes of at least 4 members (excludes halogenated alkanes) is 2. The number of para-hydroxylation sites is 2. The maximum atomic E-state index is 12.9. The second kappa shape index (κ2) is 11.7. The highest BCUT2D eigenvalue weighted by molar-refractivity contribution is 6.08. The molecule has 3 rings (SSSR count). The van der Waals surface area contributed by atoms with Gasteiger partial charge < -0.3 is 15.0 Å². The Kier molecular flexibility index (Phi) is 8.44. The lowest BCUT2D eigenvalue weighted by atomic mass is 10.1. The fourth-order valence-corrected chi connectivity index (χ4v) is 3.42. The molecule has 0 spiro atoms. The van der Waals surface area contributed by atoms with E-state index in [0.29, 0.717) is 35.7 Å². The number of hydrogen-bond acceptors (Lipinski definition) is 3.